The first-order valence-corrected chi connectivity index (χ1v) is 7.67. The van der Waals surface area contributed by atoms with Crippen LogP contribution in [0.25, 0.3) is 0 Å². The SMILES string of the molecule is CCNC(=O)CN1CCN(C(=O)Nc2ccc(OC)nc2)CC1. The van der Waals surface area contributed by atoms with Crippen molar-refractivity contribution in [2.75, 3.05) is 51.7 Å². The van der Waals surface area contributed by atoms with Crippen molar-refractivity contribution in [1.29, 1.82) is 0 Å². The van der Waals surface area contributed by atoms with Gasteiger partial charge in [-0.2, -0.15) is 0 Å². The highest BCUT2D eigenvalue weighted by Crippen LogP contribution is 2.12. The van der Waals surface area contributed by atoms with E-state index in [0.717, 1.165) is 0 Å². The van der Waals surface area contributed by atoms with Crippen LogP contribution in [0.2, 0.25) is 0 Å². The highest BCUT2D eigenvalue weighted by molar-refractivity contribution is 5.89. The number of pyridine rings is 1. The molecule has 1 aliphatic heterocycles. The van der Waals surface area contributed by atoms with E-state index in [1.807, 2.05) is 11.8 Å². The number of hydrogen-bond donors (Lipinski definition) is 2. The average Bonchev–Trinajstić information content (AvgIpc) is 2.56. The minimum atomic E-state index is -0.158. The Morgan fingerprint density at radius 1 is 1.26 bits per heavy atom. The van der Waals surface area contributed by atoms with Gasteiger partial charge in [0.05, 0.1) is 25.5 Å². The Bertz CT molecular complexity index is 526. The summed E-state index contributed by atoms with van der Waals surface area (Å²) in [6.45, 7) is 5.47. The molecule has 1 fully saturated rings. The van der Waals surface area contributed by atoms with Crippen molar-refractivity contribution in [2.24, 2.45) is 0 Å². The maximum absolute atomic E-state index is 12.2. The summed E-state index contributed by atoms with van der Waals surface area (Å²) in [5.74, 6) is 0.525. The van der Waals surface area contributed by atoms with Gasteiger partial charge >= 0.3 is 6.03 Å². The predicted molar refractivity (Wildman–Crippen MR) is 86.5 cm³/mol. The van der Waals surface area contributed by atoms with Gasteiger partial charge in [0.2, 0.25) is 11.8 Å². The molecule has 0 bridgehead atoms. The van der Waals surface area contributed by atoms with Crippen LogP contribution in [0.15, 0.2) is 18.3 Å². The largest absolute Gasteiger partial charge is 0.481 e. The summed E-state index contributed by atoms with van der Waals surface area (Å²) in [6.07, 6.45) is 1.56. The number of carbonyl (C=O) groups excluding carboxylic acids is 2. The van der Waals surface area contributed by atoms with E-state index in [1.165, 1.54) is 0 Å². The van der Waals surface area contributed by atoms with E-state index >= 15 is 0 Å². The Morgan fingerprint density at radius 2 is 2.00 bits per heavy atom. The molecule has 0 saturated carbocycles. The molecule has 0 aliphatic carbocycles. The van der Waals surface area contributed by atoms with Crippen molar-refractivity contribution < 1.29 is 14.3 Å². The lowest BCUT2D eigenvalue weighted by Gasteiger charge is -2.34. The first kappa shape index (κ1) is 17.0. The van der Waals surface area contributed by atoms with Gasteiger partial charge in [0.1, 0.15) is 0 Å². The van der Waals surface area contributed by atoms with Crippen molar-refractivity contribution in [2.45, 2.75) is 6.92 Å². The van der Waals surface area contributed by atoms with Crippen LogP contribution in [0.1, 0.15) is 6.92 Å². The average molecular weight is 321 g/mol. The molecule has 23 heavy (non-hydrogen) atoms. The van der Waals surface area contributed by atoms with Gasteiger partial charge in [0.15, 0.2) is 0 Å². The third-order valence-corrected chi connectivity index (χ3v) is 3.60. The number of nitrogens with zero attached hydrogens (tertiary/aromatic N) is 3. The van der Waals surface area contributed by atoms with Crippen LogP contribution < -0.4 is 15.4 Å². The molecule has 1 aliphatic rings. The van der Waals surface area contributed by atoms with Crippen molar-refractivity contribution in [3.63, 3.8) is 0 Å². The molecular formula is C15H23N5O3. The molecule has 1 saturated heterocycles. The number of carbonyl (C=O) groups is 2. The minimum absolute atomic E-state index is 0.0229. The summed E-state index contributed by atoms with van der Waals surface area (Å²) in [6, 6.07) is 3.28. The zero-order valence-electron chi connectivity index (χ0n) is 13.5. The van der Waals surface area contributed by atoms with E-state index in [4.69, 9.17) is 4.74 Å². The van der Waals surface area contributed by atoms with Crippen LogP contribution in [0.3, 0.4) is 0 Å². The van der Waals surface area contributed by atoms with E-state index in [1.54, 1.807) is 30.3 Å². The van der Waals surface area contributed by atoms with Crippen LogP contribution in [-0.2, 0) is 4.79 Å². The molecule has 0 aromatic carbocycles. The monoisotopic (exact) mass is 321 g/mol. The lowest BCUT2D eigenvalue weighted by molar-refractivity contribution is -0.122. The lowest BCUT2D eigenvalue weighted by Crippen LogP contribution is -2.52. The number of nitrogens with one attached hydrogen (secondary N) is 2. The molecule has 126 valence electrons. The van der Waals surface area contributed by atoms with Crippen LogP contribution >= 0.6 is 0 Å². The van der Waals surface area contributed by atoms with Gasteiger partial charge in [0, 0.05) is 38.8 Å². The highest BCUT2D eigenvalue weighted by Gasteiger charge is 2.22. The van der Waals surface area contributed by atoms with Gasteiger partial charge in [-0.15, -0.1) is 0 Å². The van der Waals surface area contributed by atoms with Gasteiger partial charge in [-0.3, -0.25) is 9.69 Å². The number of anilines is 1. The number of rotatable bonds is 5. The molecular weight excluding hydrogens is 298 g/mol. The Kier molecular flexibility index (Phi) is 6.16. The standard InChI is InChI=1S/C15H23N5O3/c1-3-16-13(21)11-19-6-8-20(9-7-19)15(22)18-12-4-5-14(23-2)17-10-12/h4-5,10H,3,6-9,11H2,1-2H3,(H,16,21)(H,18,22). The fraction of sp³-hybridized carbons (Fsp3) is 0.533. The van der Waals surface area contributed by atoms with E-state index in [9.17, 15) is 9.59 Å². The molecule has 1 aromatic rings. The molecule has 2 rings (SSSR count). The number of likely N-dealkylation sites (N-methyl/N-ethyl adjacent to an activating group) is 1. The minimum Gasteiger partial charge on any atom is -0.481 e. The molecule has 1 aromatic heterocycles. The normalized spacial score (nSPS) is 15.1. The van der Waals surface area contributed by atoms with Crippen molar-refractivity contribution >= 4 is 17.6 Å². The quantitative estimate of drug-likeness (QED) is 0.818. The van der Waals surface area contributed by atoms with Gasteiger partial charge < -0.3 is 20.3 Å². The number of ether oxygens (including phenoxy) is 1. The predicted octanol–water partition coefficient (Wildman–Crippen LogP) is 0.376. The molecule has 8 nitrogen and oxygen atoms in total. The summed E-state index contributed by atoms with van der Waals surface area (Å²) in [7, 11) is 1.54. The maximum Gasteiger partial charge on any atom is 0.321 e. The summed E-state index contributed by atoms with van der Waals surface area (Å²) in [4.78, 5) is 31.6. The zero-order valence-corrected chi connectivity index (χ0v) is 13.5. The van der Waals surface area contributed by atoms with Crippen molar-refractivity contribution in [1.82, 2.24) is 20.1 Å². The first-order chi connectivity index (χ1) is 11.1. The fourth-order valence-corrected chi connectivity index (χ4v) is 2.34. The molecule has 0 atom stereocenters. The van der Waals surface area contributed by atoms with Crippen LogP contribution in [0.4, 0.5) is 10.5 Å². The van der Waals surface area contributed by atoms with Crippen molar-refractivity contribution in [3.8, 4) is 5.88 Å². The number of urea groups is 1. The summed E-state index contributed by atoms with van der Waals surface area (Å²) in [5, 5.41) is 5.59. The Balaban J connectivity index is 1.77. The van der Waals surface area contributed by atoms with Gasteiger partial charge in [-0.1, -0.05) is 0 Å². The van der Waals surface area contributed by atoms with Crippen LogP contribution in [0.5, 0.6) is 5.88 Å². The van der Waals surface area contributed by atoms with E-state index in [-0.39, 0.29) is 11.9 Å². The van der Waals surface area contributed by atoms with E-state index in [2.05, 4.69) is 15.6 Å². The zero-order chi connectivity index (χ0) is 16.7. The highest BCUT2D eigenvalue weighted by atomic mass is 16.5. The molecule has 3 amide bonds. The van der Waals surface area contributed by atoms with Gasteiger partial charge in [-0.25, -0.2) is 9.78 Å². The second-order valence-corrected chi connectivity index (χ2v) is 5.24. The molecule has 0 unspecified atom stereocenters. The molecule has 8 heteroatoms. The van der Waals surface area contributed by atoms with Gasteiger partial charge in [0.25, 0.3) is 0 Å². The van der Waals surface area contributed by atoms with Crippen molar-refractivity contribution in [3.05, 3.63) is 18.3 Å². The van der Waals surface area contributed by atoms with E-state index < -0.39 is 0 Å². The smallest absolute Gasteiger partial charge is 0.321 e. The number of methoxy groups -OCH3 is 1. The fourth-order valence-electron chi connectivity index (χ4n) is 2.34. The topological polar surface area (TPSA) is 86.8 Å². The van der Waals surface area contributed by atoms with E-state index in [0.29, 0.717) is 50.8 Å². The molecule has 0 spiro atoms. The summed E-state index contributed by atoms with van der Waals surface area (Å²) >= 11 is 0. The number of aromatic nitrogens is 1. The number of hydrogen-bond acceptors (Lipinski definition) is 5. The first-order valence-electron chi connectivity index (χ1n) is 7.67. The molecule has 2 N–H and O–H groups in total. The van der Waals surface area contributed by atoms with Gasteiger partial charge in [-0.05, 0) is 13.0 Å². The Hall–Kier alpha value is -2.35. The third kappa shape index (κ3) is 5.10. The summed E-state index contributed by atoms with van der Waals surface area (Å²) in [5.41, 5.74) is 0.626. The lowest BCUT2D eigenvalue weighted by atomic mass is 10.3. The Labute approximate surface area is 135 Å². The molecule has 2 heterocycles. The third-order valence-electron chi connectivity index (χ3n) is 3.60. The Morgan fingerprint density at radius 3 is 2.57 bits per heavy atom. The number of piperazine rings is 1. The second kappa shape index (κ2) is 8.33. The summed E-state index contributed by atoms with van der Waals surface area (Å²) < 4.78 is 4.98. The molecule has 0 radical (unpaired) electrons. The maximum atomic E-state index is 12.2. The van der Waals surface area contributed by atoms with Crippen LogP contribution in [0, 0.1) is 0 Å². The number of amides is 3. The van der Waals surface area contributed by atoms with Crippen LogP contribution in [-0.4, -0.2) is 73.1 Å². The second-order valence-electron chi connectivity index (χ2n) is 5.24.